The smallest absolute Gasteiger partial charge is 0.124 e. The monoisotopic (exact) mass is 289 g/mol. The number of benzene rings is 1. The van der Waals surface area contributed by atoms with Crippen LogP contribution in [0, 0.1) is 5.82 Å². The van der Waals surface area contributed by atoms with Crippen LogP contribution in [0.4, 0.5) is 4.39 Å². The van der Waals surface area contributed by atoms with E-state index in [1.165, 1.54) is 12.1 Å². The highest BCUT2D eigenvalue weighted by molar-refractivity contribution is 9.10. The van der Waals surface area contributed by atoms with Crippen molar-refractivity contribution >= 4 is 15.9 Å². The summed E-state index contributed by atoms with van der Waals surface area (Å²) in [6, 6.07) is 4.67. The molecule has 0 heterocycles. The zero-order valence-electron chi connectivity index (χ0n) is 9.59. The lowest BCUT2D eigenvalue weighted by atomic mass is 9.91. The second-order valence-corrected chi connectivity index (χ2v) is 5.16. The summed E-state index contributed by atoms with van der Waals surface area (Å²) in [5.74, 6) is -0.244. The molecule has 1 aromatic rings. The molecule has 1 atom stereocenters. The van der Waals surface area contributed by atoms with E-state index >= 15 is 0 Å². The average Bonchev–Trinajstić information content (AvgIpc) is 2.19. The summed E-state index contributed by atoms with van der Waals surface area (Å²) < 4.78 is 18.7. The first-order chi connectivity index (χ1) is 7.44. The molecule has 2 N–H and O–H groups in total. The predicted octanol–water partition coefficient (Wildman–Crippen LogP) is 2.88. The van der Waals surface area contributed by atoms with Gasteiger partial charge in [0.1, 0.15) is 5.82 Å². The number of hydrogen-bond acceptors (Lipinski definition) is 2. The SMILES string of the molecule is COCCC(C)(N)Cc1ccc(F)cc1Br. The van der Waals surface area contributed by atoms with Crippen molar-refractivity contribution in [3.05, 3.63) is 34.1 Å². The molecule has 0 radical (unpaired) electrons. The Morgan fingerprint density at radius 1 is 1.50 bits per heavy atom. The zero-order valence-corrected chi connectivity index (χ0v) is 11.2. The van der Waals surface area contributed by atoms with Crippen LogP contribution in [0.25, 0.3) is 0 Å². The first-order valence-corrected chi connectivity index (χ1v) is 5.96. The van der Waals surface area contributed by atoms with Crippen molar-refractivity contribution in [1.29, 1.82) is 0 Å². The summed E-state index contributed by atoms with van der Waals surface area (Å²) in [6.45, 7) is 2.60. The lowest BCUT2D eigenvalue weighted by molar-refractivity contribution is 0.171. The number of ether oxygens (including phenoxy) is 1. The van der Waals surface area contributed by atoms with Gasteiger partial charge in [-0.1, -0.05) is 22.0 Å². The molecule has 16 heavy (non-hydrogen) atoms. The van der Waals surface area contributed by atoms with Gasteiger partial charge in [0.05, 0.1) is 0 Å². The average molecular weight is 290 g/mol. The molecule has 0 fully saturated rings. The summed E-state index contributed by atoms with van der Waals surface area (Å²) in [5, 5.41) is 0. The van der Waals surface area contributed by atoms with E-state index in [4.69, 9.17) is 10.5 Å². The maximum absolute atomic E-state index is 12.9. The molecule has 1 unspecified atom stereocenters. The van der Waals surface area contributed by atoms with E-state index in [1.807, 2.05) is 6.92 Å². The van der Waals surface area contributed by atoms with Gasteiger partial charge in [-0.2, -0.15) is 0 Å². The van der Waals surface area contributed by atoms with Crippen LogP contribution in [0.3, 0.4) is 0 Å². The van der Waals surface area contributed by atoms with Crippen LogP contribution in [0.2, 0.25) is 0 Å². The summed E-state index contributed by atoms with van der Waals surface area (Å²) in [6.07, 6.45) is 1.46. The standard InChI is InChI=1S/C12H17BrFNO/c1-12(15,5-6-16-2)8-9-3-4-10(14)7-11(9)13/h3-4,7H,5-6,8,15H2,1-2H3. The molecule has 0 bridgehead atoms. The Balaban J connectivity index is 2.71. The second kappa shape index (κ2) is 5.75. The summed E-state index contributed by atoms with van der Waals surface area (Å²) >= 11 is 3.34. The first kappa shape index (κ1) is 13.6. The number of methoxy groups -OCH3 is 1. The van der Waals surface area contributed by atoms with Gasteiger partial charge in [-0.25, -0.2) is 4.39 Å². The third-order valence-electron chi connectivity index (χ3n) is 2.49. The van der Waals surface area contributed by atoms with Crippen molar-refractivity contribution in [2.75, 3.05) is 13.7 Å². The molecule has 1 rings (SSSR count). The number of halogens is 2. The summed E-state index contributed by atoms with van der Waals surface area (Å²) in [7, 11) is 1.66. The molecular weight excluding hydrogens is 273 g/mol. The van der Waals surface area contributed by atoms with Crippen molar-refractivity contribution in [2.24, 2.45) is 5.73 Å². The van der Waals surface area contributed by atoms with Crippen molar-refractivity contribution < 1.29 is 9.13 Å². The minimum atomic E-state index is -0.337. The van der Waals surface area contributed by atoms with Crippen molar-refractivity contribution in [3.8, 4) is 0 Å². The highest BCUT2D eigenvalue weighted by atomic mass is 79.9. The molecule has 1 aromatic carbocycles. The van der Waals surface area contributed by atoms with Gasteiger partial charge in [-0.15, -0.1) is 0 Å². The van der Waals surface area contributed by atoms with Gasteiger partial charge in [-0.3, -0.25) is 0 Å². The topological polar surface area (TPSA) is 35.2 Å². The Kier molecular flexibility index (Phi) is 4.89. The van der Waals surface area contributed by atoms with E-state index in [-0.39, 0.29) is 11.4 Å². The Bertz CT molecular complexity index is 355. The summed E-state index contributed by atoms with van der Waals surface area (Å²) in [4.78, 5) is 0. The third kappa shape index (κ3) is 4.20. The Labute approximate surface area is 104 Å². The largest absolute Gasteiger partial charge is 0.385 e. The zero-order chi connectivity index (χ0) is 12.2. The van der Waals surface area contributed by atoms with Gasteiger partial charge in [0.2, 0.25) is 0 Å². The molecule has 0 aliphatic rings. The molecule has 4 heteroatoms. The molecule has 0 saturated heterocycles. The number of nitrogens with two attached hydrogens (primary N) is 1. The maximum Gasteiger partial charge on any atom is 0.124 e. The van der Waals surface area contributed by atoms with Crippen LogP contribution in [0.5, 0.6) is 0 Å². The van der Waals surface area contributed by atoms with Crippen LogP contribution in [-0.2, 0) is 11.2 Å². The fourth-order valence-electron chi connectivity index (χ4n) is 1.52. The predicted molar refractivity (Wildman–Crippen MR) is 66.9 cm³/mol. The number of hydrogen-bond donors (Lipinski definition) is 1. The molecule has 0 saturated carbocycles. The molecule has 0 aromatic heterocycles. The second-order valence-electron chi connectivity index (χ2n) is 4.31. The molecule has 90 valence electrons. The van der Waals surface area contributed by atoms with Gasteiger partial charge >= 0.3 is 0 Å². The minimum absolute atomic E-state index is 0.244. The van der Waals surface area contributed by atoms with Crippen LogP contribution < -0.4 is 5.73 Å². The fraction of sp³-hybridized carbons (Fsp3) is 0.500. The minimum Gasteiger partial charge on any atom is -0.385 e. The Morgan fingerprint density at radius 3 is 2.75 bits per heavy atom. The van der Waals surface area contributed by atoms with E-state index in [9.17, 15) is 4.39 Å². The molecule has 0 spiro atoms. The van der Waals surface area contributed by atoms with E-state index < -0.39 is 0 Å². The molecule has 0 amide bonds. The van der Waals surface area contributed by atoms with E-state index in [0.717, 1.165) is 16.5 Å². The van der Waals surface area contributed by atoms with Crippen LogP contribution in [0.1, 0.15) is 18.9 Å². The Hall–Kier alpha value is -0.450. The van der Waals surface area contributed by atoms with Gasteiger partial charge in [-0.05, 0) is 37.5 Å². The lowest BCUT2D eigenvalue weighted by Crippen LogP contribution is -2.39. The normalized spacial score (nSPS) is 14.8. The maximum atomic E-state index is 12.9. The highest BCUT2D eigenvalue weighted by Gasteiger charge is 2.20. The molecule has 0 aliphatic heterocycles. The molecule has 2 nitrogen and oxygen atoms in total. The highest BCUT2D eigenvalue weighted by Crippen LogP contribution is 2.23. The fourth-order valence-corrected chi connectivity index (χ4v) is 2.01. The van der Waals surface area contributed by atoms with E-state index in [1.54, 1.807) is 13.2 Å². The van der Waals surface area contributed by atoms with Gasteiger partial charge in [0, 0.05) is 23.7 Å². The van der Waals surface area contributed by atoms with E-state index in [0.29, 0.717) is 13.0 Å². The van der Waals surface area contributed by atoms with Crippen molar-refractivity contribution in [1.82, 2.24) is 0 Å². The number of rotatable bonds is 5. The van der Waals surface area contributed by atoms with Crippen molar-refractivity contribution in [2.45, 2.75) is 25.3 Å². The Morgan fingerprint density at radius 2 is 2.19 bits per heavy atom. The van der Waals surface area contributed by atoms with Gasteiger partial charge in [0.25, 0.3) is 0 Å². The quantitative estimate of drug-likeness (QED) is 0.905. The lowest BCUT2D eigenvalue weighted by Gasteiger charge is -2.24. The molecule has 0 aliphatic carbocycles. The van der Waals surface area contributed by atoms with Crippen LogP contribution >= 0.6 is 15.9 Å². The van der Waals surface area contributed by atoms with Crippen molar-refractivity contribution in [3.63, 3.8) is 0 Å². The van der Waals surface area contributed by atoms with Gasteiger partial charge in [0.15, 0.2) is 0 Å². The van der Waals surface area contributed by atoms with Crippen LogP contribution in [0.15, 0.2) is 22.7 Å². The van der Waals surface area contributed by atoms with E-state index in [2.05, 4.69) is 15.9 Å². The first-order valence-electron chi connectivity index (χ1n) is 5.16. The van der Waals surface area contributed by atoms with Gasteiger partial charge < -0.3 is 10.5 Å². The summed E-state index contributed by atoms with van der Waals surface area (Å²) in [5.41, 5.74) is 6.83. The molecular formula is C12H17BrFNO. The third-order valence-corrected chi connectivity index (χ3v) is 3.22. The van der Waals surface area contributed by atoms with Crippen LogP contribution in [-0.4, -0.2) is 19.3 Å².